The van der Waals surface area contributed by atoms with Crippen molar-refractivity contribution in [2.45, 2.75) is 43.6 Å². The zero-order valence-corrected chi connectivity index (χ0v) is 14.6. The predicted octanol–water partition coefficient (Wildman–Crippen LogP) is 3.39. The summed E-state index contributed by atoms with van der Waals surface area (Å²) in [6.07, 6.45) is 5.17. The largest absolute Gasteiger partial charge is 0.341 e. The lowest BCUT2D eigenvalue weighted by molar-refractivity contribution is -0.137. The fourth-order valence-corrected chi connectivity index (χ4v) is 4.05. The molecule has 1 aliphatic heterocycles. The van der Waals surface area contributed by atoms with Gasteiger partial charge in [-0.05, 0) is 43.5 Å². The lowest BCUT2D eigenvalue weighted by Crippen LogP contribution is -2.48. The molecule has 0 aromatic heterocycles. The number of rotatable bonds is 3. The smallest absolute Gasteiger partial charge is 0.233 e. The summed E-state index contributed by atoms with van der Waals surface area (Å²) in [5.74, 6) is 0.274. The number of nitrogens with one attached hydrogen (secondary N) is 1. The molecule has 0 bridgehead atoms. The topological polar surface area (TPSA) is 32.3 Å². The molecule has 1 N–H and O–H groups in total. The second-order valence-electron chi connectivity index (χ2n) is 6.36. The van der Waals surface area contributed by atoms with Crippen molar-refractivity contribution < 1.29 is 4.79 Å². The molecule has 3 nitrogen and oxygen atoms in total. The van der Waals surface area contributed by atoms with Gasteiger partial charge in [-0.2, -0.15) is 0 Å². The molecule has 1 saturated heterocycles. The summed E-state index contributed by atoms with van der Waals surface area (Å²) in [6.45, 7) is 1.92. The average molecular weight is 343 g/mol. The van der Waals surface area contributed by atoms with Crippen LogP contribution in [0.4, 0.5) is 0 Å². The van der Waals surface area contributed by atoms with Crippen LogP contribution in [-0.2, 0) is 10.2 Å². The van der Waals surface area contributed by atoms with E-state index in [-0.39, 0.29) is 23.7 Å². The molecule has 1 aliphatic carbocycles. The monoisotopic (exact) mass is 342 g/mol. The fourth-order valence-electron chi connectivity index (χ4n) is 3.86. The summed E-state index contributed by atoms with van der Waals surface area (Å²) < 4.78 is 0. The van der Waals surface area contributed by atoms with Crippen molar-refractivity contribution in [3.05, 3.63) is 34.9 Å². The molecule has 1 atom stereocenters. The van der Waals surface area contributed by atoms with Crippen LogP contribution >= 0.6 is 24.0 Å². The maximum absolute atomic E-state index is 13.2. The van der Waals surface area contributed by atoms with E-state index >= 15 is 0 Å². The number of amides is 1. The summed E-state index contributed by atoms with van der Waals surface area (Å²) in [4.78, 5) is 15.2. The molecule has 1 aromatic carbocycles. The standard InChI is InChI=1S/C17H23ClN2O.ClH/c1-20(15-7-10-19-12-15)16(21)17(8-2-3-9-17)13-5-4-6-14(18)11-13;/h4-6,11,15,19H,2-3,7-10,12H2,1H3;1H. The molecule has 122 valence electrons. The van der Waals surface area contributed by atoms with E-state index in [0.717, 1.165) is 55.8 Å². The summed E-state index contributed by atoms with van der Waals surface area (Å²) in [6, 6.07) is 8.21. The van der Waals surface area contributed by atoms with Crippen LogP contribution in [0.1, 0.15) is 37.7 Å². The Kier molecular flexibility index (Phi) is 5.76. The summed E-state index contributed by atoms with van der Waals surface area (Å²) in [5, 5.41) is 4.06. The second-order valence-corrected chi connectivity index (χ2v) is 6.80. The van der Waals surface area contributed by atoms with Crippen molar-refractivity contribution in [2.24, 2.45) is 0 Å². The van der Waals surface area contributed by atoms with Gasteiger partial charge in [-0.3, -0.25) is 4.79 Å². The van der Waals surface area contributed by atoms with Crippen LogP contribution in [0, 0.1) is 0 Å². The lowest BCUT2D eigenvalue weighted by atomic mass is 9.77. The SMILES string of the molecule is CN(C(=O)C1(c2cccc(Cl)c2)CCCC1)C1CCNC1.Cl. The molecule has 1 unspecified atom stereocenters. The van der Waals surface area contributed by atoms with Crippen LogP contribution in [0.5, 0.6) is 0 Å². The van der Waals surface area contributed by atoms with E-state index in [1.807, 2.05) is 30.1 Å². The van der Waals surface area contributed by atoms with Crippen molar-refractivity contribution >= 4 is 29.9 Å². The number of nitrogens with zero attached hydrogens (tertiary/aromatic N) is 1. The van der Waals surface area contributed by atoms with Gasteiger partial charge >= 0.3 is 0 Å². The second kappa shape index (κ2) is 7.20. The highest BCUT2D eigenvalue weighted by molar-refractivity contribution is 6.30. The minimum Gasteiger partial charge on any atom is -0.341 e. The molecule has 22 heavy (non-hydrogen) atoms. The zero-order valence-electron chi connectivity index (χ0n) is 13.0. The Morgan fingerprint density at radius 3 is 2.68 bits per heavy atom. The van der Waals surface area contributed by atoms with E-state index in [1.165, 1.54) is 0 Å². The number of carbonyl (C=O) groups excluding carboxylic acids is 1. The molecule has 0 spiro atoms. The predicted molar refractivity (Wildman–Crippen MR) is 92.9 cm³/mol. The van der Waals surface area contributed by atoms with Gasteiger partial charge in [0.2, 0.25) is 5.91 Å². The third-order valence-electron chi connectivity index (χ3n) is 5.15. The molecule has 1 heterocycles. The van der Waals surface area contributed by atoms with E-state index in [2.05, 4.69) is 11.4 Å². The molecule has 1 aromatic rings. The average Bonchev–Trinajstić information content (AvgIpc) is 3.17. The fraction of sp³-hybridized carbons (Fsp3) is 0.588. The Morgan fingerprint density at radius 2 is 2.09 bits per heavy atom. The number of carbonyl (C=O) groups is 1. The quantitative estimate of drug-likeness (QED) is 0.912. The lowest BCUT2D eigenvalue weighted by Gasteiger charge is -2.35. The van der Waals surface area contributed by atoms with Gasteiger partial charge < -0.3 is 10.2 Å². The van der Waals surface area contributed by atoms with Crippen LogP contribution in [0.15, 0.2) is 24.3 Å². The van der Waals surface area contributed by atoms with Gasteiger partial charge in [0.05, 0.1) is 5.41 Å². The Morgan fingerprint density at radius 1 is 1.36 bits per heavy atom. The molecule has 1 amide bonds. The third kappa shape index (κ3) is 3.12. The third-order valence-corrected chi connectivity index (χ3v) is 5.38. The van der Waals surface area contributed by atoms with Crippen molar-refractivity contribution in [3.63, 3.8) is 0 Å². The van der Waals surface area contributed by atoms with Gasteiger partial charge in [-0.25, -0.2) is 0 Å². The Labute approximate surface area is 143 Å². The van der Waals surface area contributed by atoms with Crippen molar-refractivity contribution in [1.82, 2.24) is 10.2 Å². The van der Waals surface area contributed by atoms with Crippen molar-refractivity contribution in [1.29, 1.82) is 0 Å². The molecule has 3 rings (SSSR count). The molecule has 2 aliphatic rings. The first kappa shape index (κ1) is 17.6. The van der Waals surface area contributed by atoms with E-state index in [4.69, 9.17) is 11.6 Å². The highest BCUT2D eigenvalue weighted by Gasteiger charge is 2.45. The normalized spacial score (nSPS) is 23.1. The van der Waals surface area contributed by atoms with Gasteiger partial charge in [0.15, 0.2) is 0 Å². The number of halogens is 2. The van der Waals surface area contributed by atoms with Gasteiger partial charge in [-0.15, -0.1) is 12.4 Å². The molecule has 5 heteroatoms. The summed E-state index contributed by atoms with van der Waals surface area (Å²) in [5.41, 5.74) is 0.734. The first-order chi connectivity index (χ1) is 10.1. The summed E-state index contributed by atoms with van der Waals surface area (Å²) >= 11 is 6.16. The molecule has 1 saturated carbocycles. The van der Waals surface area contributed by atoms with Crippen LogP contribution in [0.2, 0.25) is 5.02 Å². The van der Waals surface area contributed by atoms with Gasteiger partial charge in [0, 0.05) is 24.7 Å². The number of hydrogen-bond donors (Lipinski definition) is 1. The summed E-state index contributed by atoms with van der Waals surface area (Å²) in [7, 11) is 1.96. The first-order valence-electron chi connectivity index (χ1n) is 7.87. The van der Waals surface area contributed by atoms with Gasteiger partial charge in [0.25, 0.3) is 0 Å². The Balaban J connectivity index is 0.00000176. The molecule has 0 radical (unpaired) electrons. The van der Waals surface area contributed by atoms with E-state index in [9.17, 15) is 4.79 Å². The van der Waals surface area contributed by atoms with E-state index in [1.54, 1.807) is 0 Å². The van der Waals surface area contributed by atoms with Crippen LogP contribution < -0.4 is 5.32 Å². The van der Waals surface area contributed by atoms with E-state index in [0.29, 0.717) is 6.04 Å². The Hall–Kier alpha value is -0.770. The molecular formula is C17H24Cl2N2O. The first-order valence-corrected chi connectivity index (χ1v) is 8.25. The van der Waals surface area contributed by atoms with Gasteiger partial charge in [0.1, 0.15) is 0 Å². The number of hydrogen-bond acceptors (Lipinski definition) is 2. The maximum Gasteiger partial charge on any atom is 0.233 e. The molecule has 2 fully saturated rings. The number of benzene rings is 1. The highest BCUT2D eigenvalue weighted by Crippen LogP contribution is 2.43. The van der Waals surface area contributed by atoms with Crippen molar-refractivity contribution in [3.8, 4) is 0 Å². The van der Waals surface area contributed by atoms with Crippen LogP contribution in [0.3, 0.4) is 0 Å². The van der Waals surface area contributed by atoms with E-state index < -0.39 is 0 Å². The number of likely N-dealkylation sites (N-methyl/N-ethyl adjacent to an activating group) is 1. The minimum absolute atomic E-state index is 0. The molecular weight excluding hydrogens is 319 g/mol. The zero-order chi connectivity index (χ0) is 14.9. The van der Waals surface area contributed by atoms with Crippen molar-refractivity contribution in [2.75, 3.05) is 20.1 Å². The Bertz CT molecular complexity index is 523. The maximum atomic E-state index is 13.2. The van der Waals surface area contributed by atoms with Crippen LogP contribution in [0.25, 0.3) is 0 Å². The minimum atomic E-state index is -0.359. The van der Waals surface area contributed by atoms with Crippen LogP contribution in [-0.4, -0.2) is 37.0 Å². The highest BCUT2D eigenvalue weighted by atomic mass is 35.5. The van der Waals surface area contributed by atoms with Gasteiger partial charge in [-0.1, -0.05) is 36.6 Å².